The van der Waals surface area contributed by atoms with Gasteiger partial charge in [0.2, 0.25) is 0 Å². The molecule has 1 unspecified atom stereocenters. The van der Waals surface area contributed by atoms with Crippen molar-refractivity contribution in [3.8, 4) is 11.5 Å². The second kappa shape index (κ2) is 15.3. The Kier molecular flexibility index (Phi) is 11.6. The number of aromatic nitrogens is 2. The molecule has 0 spiro atoms. The highest BCUT2D eigenvalue weighted by Gasteiger charge is 2.27. The molecule has 2 heterocycles. The molecule has 0 radical (unpaired) electrons. The van der Waals surface area contributed by atoms with Crippen molar-refractivity contribution in [2.24, 2.45) is 0 Å². The van der Waals surface area contributed by atoms with Gasteiger partial charge in [-0.3, -0.25) is 9.69 Å². The van der Waals surface area contributed by atoms with Gasteiger partial charge in [0, 0.05) is 42.0 Å². The maximum absolute atomic E-state index is 14.2. The molecule has 2 N–H and O–H groups in total. The molecule has 43 heavy (non-hydrogen) atoms. The Morgan fingerprint density at radius 3 is 2.65 bits per heavy atom. The number of nitrogens with zero attached hydrogens (tertiary/aromatic N) is 4. The minimum Gasteiger partial charge on any atom is -0.492 e. The van der Waals surface area contributed by atoms with Gasteiger partial charge in [0.15, 0.2) is 17.3 Å². The average molecular weight is 632 g/mol. The normalized spacial score (nSPS) is 14.0. The van der Waals surface area contributed by atoms with Crippen LogP contribution in [0.25, 0.3) is 0 Å². The minimum atomic E-state index is -1.16. The molecule has 226 valence electrons. The fourth-order valence-electron chi connectivity index (χ4n) is 4.37. The molecule has 1 fully saturated rings. The largest absolute Gasteiger partial charge is 0.492 e. The number of anilines is 2. The van der Waals surface area contributed by atoms with Crippen LogP contribution in [0, 0.1) is 5.82 Å². The number of halogens is 3. The maximum Gasteiger partial charge on any atom is 0.397 e. The third-order valence-electron chi connectivity index (χ3n) is 6.65. The number of amides is 1. The number of rotatable bonds is 13. The first-order chi connectivity index (χ1) is 20.7. The van der Waals surface area contributed by atoms with Crippen molar-refractivity contribution in [3.05, 3.63) is 69.6 Å². The number of morpholine rings is 1. The second-order valence-corrected chi connectivity index (χ2v) is 10.5. The molecule has 1 amide bonds. The summed E-state index contributed by atoms with van der Waals surface area (Å²) in [6.07, 6.45) is -0.351. The number of hydrogen-bond acceptors (Lipinski definition) is 10. The average Bonchev–Trinajstić information content (AvgIpc) is 2.99. The van der Waals surface area contributed by atoms with Gasteiger partial charge in [-0.05, 0) is 50.1 Å². The Balaban J connectivity index is 1.50. The van der Waals surface area contributed by atoms with Crippen molar-refractivity contribution in [3.63, 3.8) is 0 Å². The lowest BCUT2D eigenvalue weighted by atomic mass is 9.73. The monoisotopic (exact) mass is 631 g/mol. The van der Waals surface area contributed by atoms with Crippen LogP contribution in [-0.4, -0.2) is 86.1 Å². The number of nitrogens with one attached hydrogen (secondary N) is 1. The highest BCUT2D eigenvalue weighted by atomic mass is 35.5. The molecule has 4 rings (SSSR count). The molecular formula is C27H30B2Cl2FN5O6. The van der Waals surface area contributed by atoms with Crippen LogP contribution < -0.4 is 19.5 Å². The van der Waals surface area contributed by atoms with E-state index in [2.05, 4.69) is 20.4 Å². The quantitative estimate of drug-likeness (QED) is 0.164. The summed E-state index contributed by atoms with van der Waals surface area (Å²) in [5, 5.41) is 21.0. The van der Waals surface area contributed by atoms with Gasteiger partial charge in [0.1, 0.15) is 30.5 Å². The molecule has 1 aromatic heterocycles. The molecule has 1 saturated heterocycles. The summed E-state index contributed by atoms with van der Waals surface area (Å²) in [6.45, 7) is 7.52. The van der Waals surface area contributed by atoms with Gasteiger partial charge in [-0.15, -0.1) is 10.2 Å². The number of benzene rings is 2. The van der Waals surface area contributed by atoms with E-state index in [0.717, 1.165) is 38.9 Å². The first-order valence-corrected chi connectivity index (χ1v) is 14.3. The summed E-state index contributed by atoms with van der Waals surface area (Å²) in [7, 11) is -1.40. The van der Waals surface area contributed by atoms with E-state index < -0.39 is 24.9 Å². The van der Waals surface area contributed by atoms with Crippen molar-refractivity contribution in [1.29, 1.82) is 0 Å². The van der Waals surface area contributed by atoms with E-state index in [-0.39, 0.29) is 40.3 Å². The summed E-state index contributed by atoms with van der Waals surface area (Å²) in [5.74, 6) is -0.672. The Morgan fingerprint density at radius 1 is 1.26 bits per heavy atom. The number of carbonyl (C=O) groups is 2. The predicted octanol–water partition coefficient (Wildman–Crippen LogP) is 3.48. The van der Waals surface area contributed by atoms with Crippen LogP contribution in [0.4, 0.5) is 15.9 Å². The van der Waals surface area contributed by atoms with Crippen LogP contribution >= 0.6 is 23.2 Å². The number of hydrogen-bond donors (Lipinski definition) is 2. The third kappa shape index (κ3) is 8.58. The fraction of sp³-hybridized carbons (Fsp3) is 0.333. The van der Waals surface area contributed by atoms with Crippen LogP contribution in [0.2, 0.25) is 16.9 Å². The first-order valence-electron chi connectivity index (χ1n) is 13.6. The van der Waals surface area contributed by atoms with E-state index in [1.54, 1.807) is 31.2 Å². The molecule has 1 aliphatic rings. The highest BCUT2D eigenvalue weighted by Crippen LogP contribution is 2.37. The van der Waals surface area contributed by atoms with Crippen LogP contribution in [-0.2, 0) is 9.53 Å². The lowest BCUT2D eigenvalue weighted by molar-refractivity contribution is 0.0322. The lowest BCUT2D eigenvalue weighted by Gasteiger charge is -2.26. The number of ether oxygens (including phenoxy) is 3. The van der Waals surface area contributed by atoms with E-state index in [1.807, 2.05) is 0 Å². The smallest absolute Gasteiger partial charge is 0.397 e. The molecule has 0 bridgehead atoms. The van der Waals surface area contributed by atoms with Crippen LogP contribution in [0.1, 0.15) is 29.1 Å². The summed E-state index contributed by atoms with van der Waals surface area (Å²) in [5.41, 5.74) is 0.533. The molecule has 2 aromatic carbocycles. The Morgan fingerprint density at radius 2 is 1.98 bits per heavy atom. The maximum atomic E-state index is 14.2. The highest BCUT2D eigenvalue weighted by molar-refractivity contribution is 6.82. The van der Waals surface area contributed by atoms with Crippen molar-refractivity contribution >= 4 is 61.3 Å². The summed E-state index contributed by atoms with van der Waals surface area (Å²) < 4.78 is 32.6. The zero-order valence-corrected chi connectivity index (χ0v) is 25.1. The first kappa shape index (κ1) is 32.5. The molecule has 1 aliphatic heterocycles. The topological polar surface area (TPSA) is 126 Å². The van der Waals surface area contributed by atoms with Crippen LogP contribution in [0.3, 0.4) is 0 Å². The zero-order chi connectivity index (χ0) is 30.9. The lowest BCUT2D eigenvalue weighted by Crippen LogP contribution is -2.42. The van der Waals surface area contributed by atoms with Gasteiger partial charge >= 0.3 is 14.5 Å². The van der Waals surface area contributed by atoms with E-state index in [1.165, 1.54) is 23.7 Å². The van der Waals surface area contributed by atoms with E-state index in [0.29, 0.717) is 24.2 Å². The van der Waals surface area contributed by atoms with E-state index in [9.17, 15) is 19.0 Å². The van der Waals surface area contributed by atoms with Gasteiger partial charge < -0.3 is 34.1 Å². The minimum absolute atomic E-state index is 0.0178. The van der Waals surface area contributed by atoms with Crippen molar-refractivity contribution in [1.82, 2.24) is 15.1 Å². The van der Waals surface area contributed by atoms with E-state index >= 15 is 0 Å². The van der Waals surface area contributed by atoms with Crippen LogP contribution in [0.15, 0.2) is 42.5 Å². The van der Waals surface area contributed by atoms with Gasteiger partial charge in [0.25, 0.3) is 5.91 Å². The Labute approximate surface area is 259 Å². The zero-order valence-electron chi connectivity index (χ0n) is 23.6. The van der Waals surface area contributed by atoms with Gasteiger partial charge in [0.05, 0.1) is 18.2 Å². The van der Waals surface area contributed by atoms with Crippen molar-refractivity contribution in [2.75, 3.05) is 49.5 Å². The van der Waals surface area contributed by atoms with Gasteiger partial charge in [-0.2, -0.15) is 0 Å². The predicted molar refractivity (Wildman–Crippen MR) is 165 cm³/mol. The molecule has 11 nitrogen and oxygen atoms in total. The molecule has 16 heteroatoms. The number of carbonyl (C=O) groups excluding carboxylic acids is 2. The Bertz CT molecular complexity index is 1420. The van der Waals surface area contributed by atoms with E-state index in [4.69, 9.17) is 37.4 Å². The van der Waals surface area contributed by atoms with Crippen molar-refractivity contribution < 1.29 is 33.2 Å². The summed E-state index contributed by atoms with van der Waals surface area (Å²) >= 11 is 12.4. The third-order valence-corrected chi connectivity index (χ3v) is 7.36. The standard InChI is InChI=1S/C27H30B2Cl2FN5O6/c1-17(24-20(30)7-8-21(32)25(24)31)43-23-15-22(34-35-26(23)37(28-16-38)29(2)40)27(39)33-18-3-5-19(6-4-18)42-14-11-36-9-12-41-13-10-36/h3-8,15-17,28,40H,9-14H2,1-2H3,(H,33,39). The molecule has 0 saturated carbocycles. The van der Waals surface area contributed by atoms with Gasteiger partial charge in [-0.25, -0.2) is 4.39 Å². The fourth-order valence-corrected chi connectivity index (χ4v) is 5.05. The van der Waals surface area contributed by atoms with Crippen molar-refractivity contribution in [2.45, 2.75) is 19.9 Å². The van der Waals surface area contributed by atoms with Gasteiger partial charge in [-0.1, -0.05) is 23.2 Å². The summed E-state index contributed by atoms with van der Waals surface area (Å²) in [6, 6.07) is 10.6. The molecule has 1 atom stereocenters. The molecule has 3 aromatic rings. The molecular weight excluding hydrogens is 602 g/mol. The Hall–Kier alpha value is -3.42. The second-order valence-electron chi connectivity index (χ2n) is 9.67. The van der Waals surface area contributed by atoms with Crippen LogP contribution in [0.5, 0.6) is 11.5 Å². The summed E-state index contributed by atoms with van der Waals surface area (Å²) in [4.78, 5) is 26.7. The molecule has 0 aliphatic carbocycles. The SMILES string of the molecule is CB(O)N(BC=O)c1nnc(C(=O)Nc2ccc(OCCN3CCOCC3)cc2)cc1OC(C)c1c(Cl)ccc(F)c1Cl.